The second kappa shape index (κ2) is 6.41. The predicted octanol–water partition coefficient (Wildman–Crippen LogP) is 3.62. The van der Waals surface area contributed by atoms with Crippen molar-refractivity contribution in [3.63, 3.8) is 0 Å². The summed E-state index contributed by atoms with van der Waals surface area (Å²) in [4.78, 5) is 26.6. The maximum atomic E-state index is 12.3. The van der Waals surface area contributed by atoms with Gasteiger partial charge in [-0.05, 0) is 48.7 Å². The van der Waals surface area contributed by atoms with Gasteiger partial charge in [-0.2, -0.15) is 0 Å². The lowest BCUT2D eigenvalue weighted by molar-refractivity contribution is -0.117. The maximum Gasteiger partial charge on any atom is 0.338 e. The number of halogens is 1. The molecule has 2 aromatic rings. The number of hydrogen-bond donors (Lipinski definition) is 1. The Bertz CT molecular complexity index is 835. The molecule has 2 aromatic carbocycles. The zero-order valence-corrected chi connectivity index (χ0v) is 14.3. The van der Waals surface area contributed by atoms with Crippen molar-refractivity contribution in [3.8, 4) is 0 Å². The zero-order chi connectivity index (χ0) is 17.4. The van der Waals surface area contributed by atoms with Crippen LogP contribution in [-0.2, 0) is 16.1 Å². The third kappa shape index (κ3) is 3.07. The zero-order valence-electron chi connectivity index (χ0n) is 13.5. The van der Waals surface area contributed by atoms with Gasteiger partial charge in [0.2, 0.25) is 5.91 Å². The molecule has 1 atom stereocenters. The van der Waals surface area contributed by atoms with Crippen LogP contribution in [0.25, 0.3) is 0 Å². The number of nitrogens with zero attached hydrogens (tertiary/aromatic N) is 1. The fraction of sp³-hybridized carbons (Fsp3) is 0.263. The Balaban J connectivity index is 1.49. The summed E-state index contributed by atoms with van der Waals surface area (Å²) in [5.41, 5.74) is 2.93. The summed E-state index contributed by atoms with van der Waals surface area (Å²) in [6.45, 7) is 1.04. The first kappa shape index (κ1) is 16.0. The summed E-state index contributed by atoms with van der Waals surface area (Å²) < 4.78 is 5.35. The number of anilines is 2. The van der Waals surface area contributed by atoms with Crippen molar-refractivity contribution in [2.24, 2.45) is 0 Å². The summed E-state index contributed by atoms with van der Waals surface area (Å²) in [5.74, 6) is -0.424. The standard InChI is InChI=1S/C19H17ClN2O3/c20-14-6-3-12(4-7-14)11-25-19(24)13-5-8-16-15(10-13)21-18(23)17-2-1-9-22(16)17/h3-8,10,17H,1-2,9,11H2,(H,21,23)/t17-/m0/s1. The lowest BCUT2D eigenvalue weighted by atomic mass is 10.1. The summed E-state index contributed by atoms with van der Waals surface area (Å²) in [7, 11) is 0. The molecule has 0 aromatic heterocycles. The van der Waals surface area contributed by atoms with Crippen LogP contribution in [0.5, 0.6) is 0 Å². The first-order valence-electron chi connectivity index (χ1n) is 8.25. The van der Waals surface area contributed by atoms with Gasteiger partial charge in [-0.1, -0.05) is 23.7 Å². The fourth-order valence-corrected chi connectivity index (χ4v) is 3.50. The molecule has 0 saturated carbocycles. The van der Waals surface area contributed by atoms with E-state index in [1.54, 1.807) is 24.3 Å². The van der Waals surface area contributed by atoms with E-state index in [1.807, 2.05) is 18.2 Å². The minimum Gasteiger partial charge on any atom is -0.457 e. The van der Waals surface area contributed by atoms with E-state index in [4.69, 9.17) is 16.3 Å². The Morgan fingerprint density at radius 2 is 2.04 bits per heavy atom. The number of ether oxygens (including phenoxy) is 1. The van der Waals surface area contributed by atoms with Crippen LogP contribution < -0.4 is 10.2 Å². The Labute approximate surface area is 150 Å². The minimum absolute atomic E-state index is 0.00307. The van der Waals surface area contributed by atoms with E-state index in [9.17, 15) is 9.59 Å². The molecular weight excluding hydrogens is 340 g/mol. The quantitative estimate of drug-likeness (QED) is 0.853. The first-order valence-corrected chi connectivity index (χ1v) is 8.63. The third-order valence-corrected chi connectivity index (χ3v) is 4.89. The van der Waals surface area contributed by atoms with E-state index in [1.165, 1.54) is 0 Å². The summed E-state index contributed by atoms with van der Waals surface area (Å²) in [5, 5.41) is 3.54. The molecule has 25 heavy (non-hydrogen) atoms. The highest BCUT2D eigenvalue weighted by Gasteiger charge is 2.36. The number of benzene rings is 2. The van der Waals surface area contributed by atoms with Gasteiger partial charge in [-0.3, -0.25) is 4.79 Å². The molecule has 0 bridgehead atoms. The molecule has 5 nitrogen and oxygen atoms in total. The molecule has 0 radical (unpaired) electrons. The van der Waals surface area contributed by atoms with E-state index >= 15 is 0 Å². The summed E-state index contributed by atoms with van der Waals surface area (Å²) in [6, 6.07) is 12.4. The topological polar surface area (TPSA) is 58.6 Å². The van der Waals surface area contributed by atoms with E-state index in [-0.39, 0.29) is 18.6 Å². The van der Waals surface area contributed by atoms with Crippen molar-refractivity contribution in [3.05, 3.63) is 58.6 Å². The number of carbonyl (C=O) groups excluding carboxylic acids is 2. The third-order valence-electron chi connectivity index (χ3n) is 4.64. The van der Waals surface area contributed by atoms with Gasteiger partial charge in [0.05, 0.1) is 16.9 Å². The molecule has 128 valence electrons. The number of hydrogen-bond acceptors (Lipinski definition) is 4. The van der Waals surface area contributed by atoms with Crippen LogP contribution in [0.15, 0.2) is 42.5 Å². The Morgan fingerprint density at radius 3 is 2.84 bits per heavy atom. The highest BCUT2D eigenvalue weighted by Crippen LogP contribution is 2.37. The number of nitrogens with one attached hydrogen (secondary N) is 1. The number of amides is 1. The van der Waals surface area contributed by atoms with Crippen molar-refractivity contribution in [2.75, 3.05) is 16.8 Å². The molecule has 2 heterocycles. The second-order valence-corrected chi connectivity index (χ2v) is 6.71. The van der Waals surface area contributed by atoms with Gasteiger partial charge in [-0.25, -0.2) is 4.79 Å². The van der Waals surface area contributed by atoms with Gasteiger partial charge in [-0.15, -0.1) is 0 Å². The molecule has 1 saturated heterocycles. The van der Waals surface area contributed by atoms with Gasteiger partial charge >= 0.3 is 5.97 Å². The van der Waals surface area contributed by atoms with Crippen LogP contribution in [0.3, 0.4) is 0 Å². The van der Waals surface area contributed by atoms with Gasteiger partial charge in [0, 0.05) is 11.6 Å². The average molecular weight is 357 g/mol. The lowest BCUT2D eigenvalue weighted by Crippen LogP contribution is -2.43. The Kier molecular flexibility index (Phi) is 4.09. The minimum atomic E-state index is -0.421. The highest BCUT2D eigenvalue weighted by molar-refractivity contribution is 6.30. The van der Waals surface area contributed by atoms with E-state index < -0.39 is 5.97 Å². The number of fused-ring (bicyclic) bond motifs is 3. The van der Waals surface area contributed by atoms with E-state index in [0.29, 0.717) is 16.3 Å². The van der Waals surface area contributed by atoms with Crippen LogP contribution in [0.2, 0.25) is 5.02 Å². The van der Waals surface area contributed by atoms with Crippen LogP contribution in [-0.4, -0.2) is 24.5 Å². The first-order chi connectivity index (χ1) is 12.1. The number of rotatable bonds is 3. The van der Waals surface area contributed by atoms with E-state index in [2.05, 4.69) is 10.2 Å². The van der Waals surface area contributed by atoms with Crippen LogP contribution in [0.1, 0.15) is 28.8 Å². The Hall–Kier alpha value is -2.53. The number of esters is 1. The maximum absolute atomic E-state index is 12.3. The second-order valence-electron chi connectivity index (χ2n) is 6.28. The predicted molar refractivity (Wildman–Crippen MR) is 96.0 cm³/mol. The molecule has 2 aliphatic rings. The smallest absolute Gasteiger partial charge is 0.338 e. The molecule has 1 amide bonds. The molecule has 1 N–H and O–H groups in total. The molecule has 6 heteroatoms. The van der Waals surface area contributed by atoms with Crippen molar-refractivity contribution >= 4 is 34.9 Å². The molecule has 4 rings (SSSR count). The molecule has 0 aliphatic carbocycles. The van der Waals surface area contributed by atoms with Crippen molar-refractivity contribution in [1.82, 2.24) is 0 Å². The average Bonchev–Trinajstić information content (AvgIpc) is 3.11. The largest absolute Gasteiger partial charge is 0.457 e. The van der Waals surface area contributed by atoms with Gasteiger partial charge in [0.25, 0.3) is 0 Å². The van der Waals surface area contributed by atoms with E-state index in [0.717, 1.165) is 30.6 Å². The van der Waals surface area contributed by atoms with Crippen molar-refractivity contribution in [2.45, 2.75) is 25.5 Å². The molecular formula is C19H17ClN2O3. The highest BCUT2D eigenvalue weighted by atomic mass is 35.5. The molecule has 1 fully saturated rings. The van der Waals surface area contributed by atoms with Crippen LogP contribution in [0, 0.1) is 0 Å². The van der Waals surface area contributed by atoms with Crippen LogP contribution >= 0.6 is 11.6 Å². The fourth-order valence-electron chi connectivity index (χ4n) is 3.37. The molecule has 0 spiro atoms. The normalized spacial score (nSPS) is 18.4. The van der Waals surface area contributed by atoms with Gasteiger partial charge in [0.1, 0.15) is 12.6 Å². The molecule has 0 unspecified atom stereocenters. The number of carbonyl (C=O) groups is 2. The van der Waals surface area contributed by atoms with Crippen LogP contribution in [0.4, 0.5) is 11.4 Å². The monoisotopic (exact) mass is 356 g/mol. The SMILES string of the molecule is O=C(OCc1ccc(Cl)cc1)c1ccc2c(c1)NC(=O)[C@@H]1CCCN21. The van der Waals surface area contributed by atoms with Gasteiger partial charge in [0.15, 0.2) is 0 Å². The lowest BCUT2D eigenvalue weighted by Gasteiger charge is -2.33. The summed E-state index contributed by atoms with van der Waals surface area (Å²) in [6.07, 6.45) is 1.87. The Morgan fingerprint density at radius 1 is 1.24 bits per heavy atom. The van der Waals surface area contributed by atoms with Crippen molar-refractivity contribution < 1.29 is 14.3 Å². The van der Waals surface area contributed by atoms with Gasteiger partial charge < -0.3 is 15.0 Å². The molecule has 2 aliphatic heterocycles. The summed E-state index contributed by atoms with van der Waals surface area (Å²) >= 11 is 5.84. The van der Waals surface area contributed by atoms with Crippen molar-refractivity contribution in [1.29, 1.82) is 0 Å².